The molecule has 3 aromatic rings. The molecule has 0 aliphatic rings. The minimum Gasteiger partial charge on any atom is -0.370 e. The molecule has 0 unspecified atom stereocenters. The zero-order chi connectivity index (χ0) is 14.8. The Hall–Kier alpha value is -3.23. The zero-order valence-electron chi connectivity index (χ0n) is 11.0. The first-order chi connectivity index (χ1) is 10.2. The molecule has 3 rings (SSSR count). The van der Waals surface area contributed by atoms with Gasteiger partial charge in [0.15, 0.2) is 5.82 Å². The van der Waals surface area contributed by atoms with Gasteiger partial charge >= 0.3 is 5.69 Å². The molecule has 0 saturated heterocycles. The van der Waals surface area contributed by atoms with Gasteiger partial charge in [-0.05, 0) is 12.1 Å². The molecule has 21 heavy (non-hydrogen) atoms. The molecule has 3 heterocycles. The van der Waals surface area contributed by atoms with Crippen LogP contribution in [0.5, 0.6) is 0 Å². The molecule has 9 nitrogen and oxygen atoms in total. The van der Waals surface area contributed by atoms with E-state index in [0.29, 0.717) is 17.2 Å². The maximum Gasteiger partial charge on any atom is 0.325 e. The van der Waals surface area contributed by atoms with Crippen LogP contribution in [0.2, 0.25) is 0 Å². The van der Waals surface area contributed by atoms with Crippen LogP contribution in [0.4, 0.5) is 5.82 Å². The summed E-state index contributed by atoms with van der Waals surface area (Å²) < 4.78 is 1.60. The quantitative estimate of drug-likeness (QED) is 0.610. The third kappa shape index (κ3) is 2.31. The first-order valence-corrected chi connectivity index (χ1v) is 6.07. The van der Waals surface area contributed by atoms with Crippen LogP contribution >= 0.6 is 0 Å². The van der Waals surface area contributed by atoms with E-state index >= 15 is 0 Å². The summed E-state index contributed by atoms with van der Waals surface area (Å²) >= 11 is 0. The lowest BCUT2D eigenvalue weighted by molar-refractivity contribution is 0.862. The SMILES string of the molecule is CNc1nnc(-c2c[nH]c(=O)[nH]c2=O)cc1-n1cccn1. The standard InChI is InChI=1S/C12H11N7O2/c1-13-10-9(19-4-2-3-15-19)5-8(17-18-10)7-6-14-12(21)16-11(7)20/h2-6H,1H3,(H,13,18)(H2,14,16,20,21). The molecule has 0 spiro atoms. The van der Waals surface area contributed by atoms with E-state index < -0.39 is 11.2 Å². The Bertz CT molecular complexity index is 879. The van der Waals surface area contributed by atoms with Gasteiger partial charge in [0.25, 0.3) is 5.56 Å². The number of rotatable bonds is 3. The molecule has 3 N–H and O–H groups in total. The Balaban J connectivity index is 2.19. The van der Waals surface area contributed by atoms with E-state index in [1.54, 1.807) is 36.3 Å². The molecule has 0 aliphatic heterocycles. The smallest absolute Gasteiger partial charge is 0.325 e. The maximum atomic E-state index is 11.8. The van der Waals surface area contributed by atoms with Crippen LogP contribution in [0.15, 0.2) is 40.3 Å². The Morgan fingerprint density at radius 2 is 2.14 bits per heavy atom. The molecule has 106 valence electrons. The Kier molecular flexibility index (Phi) is 3.07. The van der Waals surface area contributed by atoms with Crippen molar-refractivity contribution in [1.82, 2.24) is 29.9 Å². The van der Waals surface area contributed by atoms with Crippen LogP contribution in [-0.2, 0) is 0 Å². The number of nitrogens with one attached hydrogen (secondary N) is 3. The van der Waals surface area contributed by atoms with Crippen LogP contribution in [0.3, 0.4) is 0 Å². The van der Waals surface area contributed by atoms with Gasteiger partial charge in [-0.15, -0.1) is 10.2 Å². The number of aromatic nitrogens is 6. The minimum atomic E-state index is -0.573. The molecule has 9 heteroatoms. The average molecular weight is 285 g/mol. The molecular weight excluding hydrogens is 274 g/mol. The van der Waals surface area contributed by atoms with Crippen molar-refractivity contribution in [2.24, 2.45) is 0 Å². The highest BCUT2D eigenvalue weighted by Crippen LogP contribution is 2.20. The van der Waals surface area contributed by atoms with Crippen molar-refractivity contribution in [2.45, 2.75) is 0 Å². The number of H-pyrrole nitrogens is 2. The van der Waals surface area contributed by atoms with Crippen molar-refractivity contribution in [2.75, 3.05) is 12.4 Å². The second-order valence-corrected chi connectivity index (χ2v) is 4.15. The second kappa shape index (κ2) is 5.04. The molecule has 0 aromatic carbocycles. The van der Waals surface area contributed by atoms with Gasteiger partial charge in [-0.2, -0.15) is 5.10 Å². The number of nitrogens with zero attached hydrogens (tertiary/aromatic N) is 4. The van der Waals surface area contributed by atoms with Gasteiger partial charge in [-0.25, -0.2) is 9.48 Å². The number of anilines is 1. The predicted octanol–water partition coefficient (Wildman–Crippen LogP) is -0.252. The molecule has 0 bridgehead atoms. The molecule has 3 aromatic heterocycles. The largest absolute Gasteiger partial charge is 0.370 e. The van der Waals surface area contributed by atoms with E-state index in [2.05, 4.69) is 30.6 Å². The highest BCUT2D eigenvalue weighted by molar-refractivity contribution is 5.64. The van der Waals surface area contributed by atoms with Crippen LogP contribution < -0.4 is 16.6 Å². The van der Waals surface area contributed by atoms with Gasteiger partial charge in [0.1, 0.15) is 11.4 Å². The van der Waals surface area contributed by atoms with E-state index in [1.807, 2.05) is 0 Å². The van der Waals surface area contributed by atoms with Gasteiger partial charge in [-0.3, -0.25) is 9.78 Å². The van der Waals surface area contributed by atoms with Crippen molar-refractivity contribution in [3.8, 4) is 16.9 Å². The lowest BCUT2D eigenvalue weighted by Crippen LogP contribution is -2.23. The van der Waals surface area contributed by atoms with Crippen molar-refractivity contribution >= 4 is 5.82 Å². The summed E-state index contributed by atoms with van der Waals surface area (Å²) in [6.45, 7) is 0. The fourth-order valence-electron chi connectivity index (χ4n) is 1.88. The van der Waals surface area contributed by atoms with E-state index in [0.717, 1.165) is 0 Å². The van der Waals surface area contributed by atoms with Crippen molar-refractivity contribution in [3.63, 3.8) is 0 Å². The molecule has 0 atom stereocenters. The molecule has 0 amide bonds. The zero-order valence-corrected chi connectivity index (χ0v) is 11.0. The van der Waals surface area contributed by atoms with E-state index in [4.69, 9.17) is 0 Å². The summed E-state index contributed by atoms with van der Waals surface area (Å²) in [6, 6.07) is 3.43. The van der Waals surface area contributed by atoms with Gasteiger partial charge in [0.2, 0.25) is 0 Å². The Labute approximate surface area is 117 Å². The maximum absolute atomic E-state index is 11.8. The summed E-state index contributed by atoms with van der Waals surface area (Å²) in [4.78, 5) is 27.4. The van der Waals surface area contributed by atoms with Crippen molar-refractivity contribution < 1.29 is 0 Å². The van der Waals surface area contributed by atoms with Crippen molar-refractivity contribution in [3.05, 3.63) is 51.6 Å². The van der Waals surface area contributed by atoms with Gasteiger partial charge in [-0.1, -0.05) is 0 Å². The molecule has 0 fully saturated rings. The van der Waals surface area contributed by atoms with Gasteiger partial charge in [0.05, 0.1) is 5.56 Å². The summed E-state index contributed by atoms with van der Waals surface area (Å²) in [6.07, 6.45) is 4.68. The van der Waals surface area contributed by atoms with E-state index in [-0.39, 0.29) is 5.56 Å². The van der Waals surface area contributed by atoms with Crippen molar-refractivity contribution in [1.29, 1.82) is 0 Å². The topological polar surface area (TPSA) is 121 Å². The lowest BCUT2D eigenvalue weighted by atomic mass is 10.2. The molecule has 0 saturated carbocycles. The monoisotopic (exact) mass is 285 g/mol. The second-order valence-electron chi connectivity index (χ2n) is 4.15. The predicted molar refractivity (Wildman–Crippen MR) is 75.4 cm³/mol. The summed E-state index contributed by atoms with van der Waals surface area (Å²) in [5, 5.41) is 15.1. The number of hydrogen-bond acceptors (Lipinski definition) is 6. The summed E-state index contributed by atoms with van der Waals surface area (Å²) in [5.41, 5.74) is 0.0841. The Morgan fingerprint density at radius 3 is 2.81 bits per heavy atom. The fraction of sp³-hybridized carbons (Fsp3) is 0.0833. The average Bonchev–Trinajstić information content (AvgIpc) is 3.01. The molecule has 0 aliphatic carbocycles. The van der Waals surface area contributed by atoms with E-state index in [9.17, 15) is 9.59 Å². The van der Waals surface area contributed by atoms with Gasteiger partial charge < -0.3 is 10.3 Å². The number of hydrogen-bond donors (Lipinski definition) is 3. The highest BCUT2D eigenvalue weighted by Gasteiger charge is 2.12. The van der Waals surface area contributed by atoms with Crippen LogP contribution in [-0.4, -0.2) is 37.0 Å². The summed E-state index contributed by atoms with van der Waals surface area (Å²) in [5.74, 6) is 0.517. The lowest BCUT2D eigenvalue weighted by Gasteiger charge is -2.08. The number of aromatic amines is 2. The Morgan fingerprint density at radius 1 is 1.29 bits per heavy atom. The van der Waals surface area contributed by atoms with Crippen LogP contribution in [0.1, 0.15) is 0 Å². The van der Waals surface area contributed by atoms with Crippen LogP contribution in [0, 0.1) is 0 Å². The third-order valence-electron chi connectivity index (χ3n) is 2.86. The fourth-order valence-corrected chi connectivity index (χ4v) is 1.88. The van der Waals surface area contributed by atoms with Crippen LogP contribution in [0.25, 0.3) is 16.9 Å². The molecular formula is C12H11N7O2. The minimum absolute atomic E-state index is 0.221. The highest BCUT2D eigenvalue weighted by atomic mass is 16.2. The molecule has 0 radical (unpaired) electrons. The normalized spacial score (nSPS) is 10.5. The van der Waals surface area contributed by atoms with E-state index in [1.165, 1.54) is 6.20 Å². The first-order valence-electron chi connectivity index (χ1n) is 6.07. The van der Waals surface area contributed by atoms with Gasteiger partial charge in [0, 0.05) is 25.6 Å². The summed E-state index contributed by atoms with van der Waals surface area (Å²) in [7, 11) is 1.71. The third-order valence-corrected chi connectivity index (χ3v) is 2.86. The first kappa shape index (κ1) is 12.8.